The highest BCUT2D eigenvalue weighted by atomic mass is 16.2. The molecule has 2 amide bonds. The monoisotopic (exact) mass is 395 g/mol. The Morgan fingerprint density at radius 3 is 2.66 bits per heavy atom. The minimum atomic E-state index is -0.223. The number of hydrogen-bond donors (Lipinski definition) is 2. The van der Waals surface area contributed by atoms with Crippen molar-refractivity contribution in [1.82, 2.24) is 20.6 Å². The first-order valence-corrected chi connectivity index (χ1v) is 9.88. The largest absolute Gasteiger partial charge is 0.348 e. The lowest BCUT2D eigenvalue weighted by atomic mass is 9.74. The molecule has 0 saturated heterocycles. The van der Waals surface area contributed by atoms with Crippen LogP contribution in [0.2, 0.25) is 0 Å². The van der Waals surface area contributed by atoms with Crippen LogP contribution < -0.4 is 15.5 Å². The maximum Gasteiger partial charge on any atom is 0.239 e. The van der Waals surface area contributed by atoms with Crippen molar-refractivity contribution in [1.29, 1.82) is 0 Å². The Kier molecular flexibility index (Phi) is 6.15. The van der Waals surface area contributed by atoms with E-state index in [4.69, 9.17) is 4.98 Å². The Balaban J connectivity index is 1.78. The molecule has 1 heterocycles. The standard InChI is InChI=1S/C22H29N5O2/c1-15(28)23-13-20(29)25-18-10-22(2,3)11-19-17(18)12-24-21(26-19)27(4)14-16-8-6-5-7-9-16/h5-9,12,18H,10-11,13-14H2,1-4H3,(H,23,28)(H,25,29). The summed E-state index contributed by atoms with van der Waals surface area (Å²) in [6.45, 7) is 6.45. The molecule has 7 nitrogen and oxygen atoms in total. The zero-order chi connectivity index (χ0) is 21.0. The number of rotatable bonds is 6. The third-order valence-corrected chi connectivity index (χ3v) is 5.10. The number of nitrogens with zero attached hydrogens (tertiary/aromatic N) is 3. The van der Waals surface area contributed by atoms with Crippen molar-refractivity contribution < 1.29 is 9.59 Å². The topological polar surface area (TPSA) is 87.2 Å². The van der Waals surface area contributed by atoms with Gasteiger partial charge in [0.15, 0.2) is 0 Å². The first-order valence-electron chi connectivity index (χ1n) is 9.88. The summed E-state index contributed by atoms with van der Waals surface area (Å²) in [5.41, 5.74) is 3.12. The highest BCUT2D eigenvalue weighted by molar-refractivity contribution is 5.83. The Labute approximate surface area is 171 Å². The van der Waals surface area contributed by atoms with Crippen LogP contribution in [-0.4, -0.2) is 35.4 Å². The molecule has 0 saturated carbocycles. The molecule has 0 radical (unpaired) electrons. The summed E-state index contributed by atoms with van der Waals surface area (Å²) >= 11 is 0. The quantitative estimate of drug-likeness (QED) is 0.784. The van der Waals surface area contributed by atoms with Gasteiger partial charge in [0, 0.05) is 32.3 Å². The predicted molar refractivity (Wildman–Crippen MR) is 112 cm³/mol. The normalized spacial score (nSPS) is 17.2. The van der Waals surface area contributed by atoms with E-state index >= 15 is 0 Å². The number of benzene rings is 1. The number of amides is 2. The van der Waals surface area contributed by atoms with Crippen LogP contribution in [0.1, 0.15) is 50.1 Å². The fourth-order valence-corrected chi connectivity index (χ4v) is 3.73. The van der Waals surface area contributed by atoms with E-state index in [9.17, 15) is 9.59 Å². The number of nitrogens with one attached hydrogen (secondary N) is 2. The predicted octanol–water partition coefficient (Wildman–Crippen LogP) is 2.38. The summed E-state index contributed by atoms with van der Waals surface area (Å²) in [7, 11) is 1.98. The highest BCUT2D eigenvalue weighted by Gasteiger charge is 2.34. The van der Waals surface area contributed by atoms with Gasteiger partial charge in [-0.25, -0.2) is 9.97 Å². The molecule has 154 valence electrons. The fraction of sp³-hybridized carbons (Fsp3) is 0.455. The van der Waals surface area contributed by atoms with Gasteiger partial charge in [0.05, 0.1) is 18.3 Å². The first kappa shape index (κ1) is 20.8. The van der Waals surface area contributed by atoms with E-state index in [1.165, 1.54) is 12.5 Å². The number of anilines is 1. The number of hydrogen-bond acceptors (Lipinski definition) is 5. The average Bonchev–Trinajstić information content (AvgIpc) is 2.65. The van der Waals surface area contributed by atoms with Gasteiger partial charge in [0.2, 0.25) is 17.8 Å². The van der Waals surface area contributed by atoms with Crippen LogP contribution in [0.25, 0.3) is 0 Å². The van der Waals surface area contributed by atoms with Crippen LogP contribution in [0.15, 0.2) is 36.5 Å². The van der Waals surface area contributed by atoms with Crippen molar-refractivity contribution in [2.75, 3.05) is 18.5 Å². The number of fused-ring (bicyclic) bond motifs is 1. The number of aromatic nitrogens is 2. The van der Waals surface area contributed by atoms with E-state index in [1.54, 1.807) is 0 Å². The van der Waals surface area contributed by atoms with Gasteiger partial charge in [-0.3, -0.25) is 9.59 Å². The van der Waals surface area contributed by atoms with Crippen LogP contribution in [0.4, 0.5) is 5.95 Å². The third-order valence-electron chi connectivity index (χ3n) is 5.10. The molecular formula is C22H29N5O2. The summed E-state index contributed by atoms with van der Waals surface area (Å²) in [6.07, 6.45) is 3.46. The van der Waals surface area contributed by atoms with E-state index in [0.717, 1.165) is 30.6 Å². The fourth-order valence-electron chi connectivity index (χ4n) is 3.73. The molecule has 1 aliphatic rings. The molecule has 1 aromatic carbocycles. The van der Waals surface area contributed by atoms with Gasteiger partial charge in [-0.1, -0.05) is 44.2 Å². The summed E-state index contributed by atoms with van der Waals surface area (Å²) < 4.78 is 0. The Morgan fingerprint density at radius 2 is 1.97 bits per heavy atom. The lowest BCUT2D eigenvalue weighted by Crippen LogP contribution is -2.41. The summed E-state index contributed by atoms with van der Waals surface area (Å²) in [5, 5.41) is 5.57. The SMILES string of the molecule is CC(=O)NCC(=O)NC1CC(C)(C)Cc2nc(N(C)Cc3ccccc3)ncc21. The number of carbonyl (C=O) groups is 2. The molecule has 0 spiro atoms. The Morgan fingerprint density at radius 1 is 1.24 bits per heavy atom. The van der Waals surface area contributed by atoms with Gasteiger partial charge in [-0.15, -0.1) is 0 Å². The van der Waals surface area contributed by atoms with Crippen molar-refractivity contribution in [3.8, 4) is 0 Å². The summed E-state index contributed by atoms with van der Waals surface area (Å²) in [5.74, 6) is 0.242. The lowest BCUT2D eigenvalue weighted by Gasteiger charge is -2.36. The van der Waals surface area contributed by atoms with Crippen molar-refractivity contribution in [3.05, 3.63) is 53.3 Å². The van der Waals surface area contributed by atoms with Crippen LogP contribution in [0.5, 0.6) is 0 Å². The molecule has 0 fully saturated rings. The van der Waals surface area contributed by atoms with Crippen molar-refractivity contribution in [2.45, 2.75) is 46.2 Å². The van der Waals surface area contributed by atoms with Crippen LogP contribution in [0, 0.1) is 5.41 Å². The second-order valence-corrected chi connectivity index (χ2v) is 8.49. The highest BCUT2D eigenvalue weighted by Crippen LogP contribution is 2.40. The molecule has 7 heteroatoms. The van der Waals surface area contributed by atoms with Gasteiger partial charge in [0.25, 0.3) is 0 Å². The maximum atomic E-state index is 12.2. The zero-order valence-corrected chi connectivity index (χ0v) is 17.5. The molecule has 1 atom stereocenters. The molecular weight excluding hydrogens is 366 g/mol. The van der Waals surface area contributed by atoms with Crippen molar-refractivity contribution >= 4 is 17.8 Å². The molecule has 29 heavy (non-hydrogen) atoms. The van der Waals surface area contributed by atoms with Gasteiger partial charge >= 0.3 is 0 Å². The molecule has 2 aromatic rings. The summed E-state index contributed by atoms with van der Waals surface area (Å²) in [4.78, 5) is 34.7. The molecule has 0 bridgehead atoms. The zero-order valence-electron chi connectivity index (χ0n) is 17.5. The van der Waals surface area contributed by atoms with Gasteiger partial charge in [-0.2, -0.15) is 0 Å². The second-order valence-electron chi connectivity index (χ2n) is 8.49. The van der Waals surface area contributed by atoms with Gasteiger partial charge < -0.3 is 15.5 Å². The molecule has 2 N–H and O–H groups in total. The first-order chi connectivity index (χ1) is 13.7. The molecule has 1 unspecified atom stereocenters. The van der Waals surface area contributed by atoms with E-state index in [1.807, 2.05) is 36.3 Å². The van der Waals surface area contributed by atoms with Crippen LogP contribution in [-0.2, 0) is 22.6 Å². The van der Waals surface area contributed by atoms with Crippen molar-refractivity contribution in [2.24, 2.45) is 5.41 Å². The maximum absolute atomic E-state index is 12.2. The minimum Gasteiger partial charge on any atom is -0.348 e. The number of carbonyl (C=O) groups excluding carboxylic acids is 2. The van der Waals surface area contributed by atoms with Gasteiger partial charge in [0.1, 0.15) is 0 Å². The average molecular weight is 396 g/mol. The lowest BCUT2D eigenvalue weighted by molar-refractivity contribution is -0.125. The van der Waals surface area contributed by atoms with Crippen LogP contribution >= 0.6 is 0 Å². The molecule has 1 aliphatic carbocycles. The molecule has 0 aliphatic heterocycles. The van der Waals surface area contributed by atoms with Gasteiger partial charge in [-0.05, 0) is 23.8 Å². The smallest absolute Gasteiger partial charge is 0.239 e. The minimum absolute atomic E-state index is 0.00256. The summed E-state index contributed by atoms with van der Waals surface area (Å²) in [6, 6.07) is 10.0. The van der Waals surface area contributed by atoms with E-state index in [-0.39, 0.29) is 29.8 Å². The second kappa shape index (κ2) is 8.59. The third kappa shape index (κ3) is 5.53. The Bertz CT molecular complexity index is 882. The van der Waals surface area contributed by atoms with E-state index < -0.39 is 0 Å². The van der Waals surface area contributed by atoms with E-state index in [2.05, 4.69) is 41.6 Å². The Hall–Kier alpha value is -2.96. The molecule has 3 rings (SSSR count). The van der Waals surface area contributed by atoms with E-state index in [0.29, 0.717) is 5.95 Å². The van der Waals surface area contributed by atoms with Crippen LogP contribution in [0.3, 0.4) is 0 Å². The molecule has 1 aromatic heterocycles. The van der Waals surface area contributed by atoms with Crippen molar-refractivity contribution in [3.63, 3.8) is 0 Å².